The smallest absolute Gasteiger partial charge is 0.152 e. The number of nitrogens with one attached hydrogen (secondary N) is 1. The summed E-state index contributed by atoms with van der Waals surface area (Å²) in [7, 11) is 1.54. The molecule has 0 radical (unpaired) electrons. The molecule has 0 spiro atoms. The normalized spacial score (nSPS) is 10.2. The molecule has 2 aromatic rings. The van der Waals surface area contributed by atoms with Crippen molar-refractivity contribution < 1.29 is 9.13 Å². The largest absolute Gasteiger partial charge is 0.496 e. The summed E-state index contributed by atoms with van der Waals surface area (Å²) in [5, 5.41) is 3.09. The van der Waals surface area contributed by atoms with E-state index in [0.29, 0.717) is 29.4 Å². The lowest BCUT2D eigenvalue weighted by atomic mass is 10.1. The lowest BCUT2D eigenvalue weighted by Gasteiger charge is -2.11. The van der Waals surface area contributed by atoms with Gasteiger partial charge in [-0.3, -0.25) is 4.98 Å². The summed E-state index contributed by atoms with van der Waals surface area (Å²) in [5.41, 5.74) is 1.16. The summed E-state index contributed by atoms with van der Waals surface area (Å²) in [6.07, 6.45) is 3.16. The maximum Gasteiger partial charge on any atom is 0.152 e. The molecule has 0 aliphatic heterocycles. The molecule has 0 atom stereocenters. The molecule has 0 aliphatic carbocycles. The van der Waals surface area contributed by atoms with Gasteiger partial charge in [-0.15, -0.1) is 0 Å². The molecule has 0 unspecified atom stereocenters. The molecular formula is C13H14FN3O. The molecule has 0 fully saturated rings. The third-order valence-corrected chi connectivity index (χ3v) is 2.46. The van der Waals surface area contributed by atoms with Crippen LogP contribution in [0.4, 0.5) is 10.2 Å². The van der Waals surface area contributed by atoms with Gasteiger partial charge in [-0.25, -0.2) is 9.37 Å². The van der Waals surface area contributed by atoms with Gasteiger partial charge in [-0.05, 0) is 25.1 Å². The van der Waals surface area contributed by atoms with Gasteiger partial charge >= 0.3 is 0 Å². The second-order valence-electron chi connectivity index (χ2n) is 3.63. The predicted octanol–water partition coefficient (Wildman–Crippen LogP) is 2.72. The molecule has 0 bridgehead atoms. The summed E-state index contributed by atoms with van der Waals surface area (Å²) >= 11 is 0. The monoisotopic (exact) mass is 247 g/mol. The zero-order valence-electron chi connectivity index (χ0n) is 10.3. The Morgan fingerprint density at radius 2 is 2.06 bits per heavy atom. The van der Waals surface area contributed by atoms with Gasteiger partial charge in [-0.1, -0.05) is 0 Å². The first-order valence-corrected chi connectivity index (χ1v) is 5.65. The van der Waals surface area contributed by atoms with E-state index in [1.165, 1.54) is 12.1 Å². The Morgan fingerprint density at radius 1 is 1.28 bits per heavy atom. The zero-order chi connectivity index (χ0) is 13.0. The maximum atomic E-state index is 13.4. The highest BCUT2D eigenvalue weighted by Gasteiger charge is 2.13. The minimum Gasteiger partial charge on any atom is -0.496 e. The van der Waals surface area contributed by atoms with Gasteiger partial charge in [0.15, 0.2) is 5.82 Å². The van der Waals surface area contributed by atoms with Crippen LogP contribution in [-0.2, 0) is 0 Å². The molecule has 5 heteroatoms. The SMILES string of the molecule is CCNc1nccnc1-c1cc(F)ccc1OC. The van der Waals surface area contributed by atoms with Gasteiger partial charge in [0.1, 0.15) is 17.3 Å². The van der Waals surface area contributed by atoms with Crippen molar-refractivity contribution in [3.8, 4) is 17.0 Å². The lowest BCUT2D eigenvalue weighted by molar-refractivity contribution is 0.415. The van der Waals surface area contributed by atoms with Crippen molar-refractivity contribution in [1.29, 1.82) is 0 Å². The number of aromatic nitrogens is 2. The maximum absolute atomic E-state index is 13.4. The molecule has 0 saturated heterocycles. The van der Waals surface area contributed by atoms with Gasteiger partial charge in [-0.2, -0.15) is 0 Å². The fourth-order valence-corrected chi connectivity index (χ4v) is 1.70. The Hall–Kier alpha value is -2.17. The predicted molar refractivity (Wildman–Crippen MR) is 68.1 cm³/mol. The highest BCUT2D eigenvalue weighted by Crippen LogP contribution is 2.32. The van der Waals surface area contributed by atoms with E-state index in [-0.39, 0.29) is 5.82 Å². The molecular weight excluding hydrogens is 233 g/mol. The molecule has 18 heavy (non-hydrogen) atoms. The van der Waals surface area contributed by atoms with E-state index in [4.69, 9.17) is 4.74 Å². The highest BCUT2D eigenvalue weighted by atomic mass is 19.1. The van der Waals surface area contributed by atoms with Crippen molar-refractivity contribution in [2.24, 2.45) is 0 Å². The van der Waals surface area contributed by atoms with Gasteiger partial charge in [0.25, 0.3) is 0 Å². The van der Waals surface area contributed by atoms with E-state index >= 15 is 0 Å². The molecule has 94 valence electrons. The first kappa shape index (κ1) is 12.3. The summed E-state index contributed by atoms with van der Waals surface area (Å²) in [6, 6.07) is 4.32. The Morgan fingerprint density at radius 3 is 2.78 bits per heavy atom. The average molecular weight is 247 g/mol. The van der Waals surface area contributed by atoms with Crippen molar-refractivity contribution in [3.63, 3.8) is 0 Å². The fourth-order valence-electron chi connectivity index (χ4n) is 1.70. The Kier molecular flexibility index (Phi) is 3.72. The first-order valence-electron chi connectivity index (χ1n) is 5.65. The van der Waals surface area contributed by atoms with E-state index in [1.807, 2.05) is 6.92 Å². The van der Waals surface area contributed by atoms with E-state index in [0.717, 1.165) is 0 Å². The van der Waals surface area contributed by atoms with Crippen molar-refractivity contribution >= 4 is 5.82 Å². The van der Waals surface area contributed by atoms with Crippen LogP contribution in [0.15, 0.2) is 30.6 Å². The summed E-state index contributed by atoms with van der Waals surface area (Å²) < 4.78 is 18.6. The Labute approximate surface area is 105 Å². The number of nitrogens with zero attached hydrogens (tertiary/aromatic N) is 2. The van der Waals surface area contributed by atoms with Gasteiger partial charge in [0.2, 0.25) is 0 Å². The number of anilines is 1. The lowest BCUT2D eigenvalue weighted by Crippen LogP contribution is -2.03. The number of hydrogen-bond donors (Lipinski definition) is 1. The van der Waals surface area contributed by atoms with Crippen LogP contribution in [0, 0.1) is 5.82 Å². The molecule has 0 saturated carbocycles. The summed E-state index contributed by atoms with van der Waals surface area (Å²) in [5.74, 6) is 0.846. The van der Waals surface area contributed by atoms with Gasteiger partial charge < -0.3 is 10.1 Å². The summed E-state index contributed by atoms with van der Waals surface area (Å²) in [6.45, 7) is 2.67. The molecule has 0 aliphatic rings. The van der Waals surface area contributed by atoms with Gasteiger partial charge in [0, 0.05) is 24.5 Å². The number of benzene rings is 1. The van der Waals surface area contributed by atoms with Gasteiger partial charge in [0.05, 0.1) is 7.11 Å². The van der Waals surface area contributed by atoms with Crippen LogP contribution in [0.5, 0.6) is 5.75 Å². The van der Waals surface area contributed by atoms with E-state index < -0.39 is 0 Å². The van der Waals surface area contributed by atoms with Crippen LogP contribution in [0.25, 0.3) is 11.3 Å². The van der Waals surface area contributed by atoms with Crippen LogP contribution in [0.2, 0.25) is 0 Å². The van der Waals surface area contributed by atoms with Crippen molar-refractivity contribution in [2.75, 3.05) is 19.0 Å². The van der Waals surface area contributed by atoms with Crippen LogP contribution >= 0.6 is 0 Å². The van der Waals surface area contributed by atoms with E-state index in [2.05, 4.69) is 15.3 Å². The molecule has 1 N–H and O–H groups in total. The molecule has 0 amide bonds. The molecule has 4 nitrogen and oxygen atoms in total. The molecule has 1 aromatic heterocycles. The van der Waals surface area contributed by atoms with Crippen molar-refractivity contribution in [3.05, 3.63) is 36.4 Å². The topological polar surface area (TPSA) is 47.0 Å². The second kappa shape index (κ2) is 5.44. The van der Waals surface area contributed by atoms with Crippen molar-refractivity contribution in [1.82, 2.24) is 9.97 Å². The van der Waals surface area contributed by atoms with Crippen LogP contribution < -0.4 is 10.1 Å². The number of ether oxygens (including phenoxy) is 1. The Balaban J connectivity index is 2.57. The quantitative estimate of drug-likeness (QED) is 0.902. The average Bonchev–Trinajstić information content (AvgIpc) is 2.40. The Bertz CT molecular complexity index is 546. The number of halogens is 1. The number of methoxy groups -OCH3 is 1. The molecule has 1 heterocycles. The summed E-state index contributed by atoms with van der Waals surface area (Å²) in [4.78, 5) is 8.44. The van der Waals surface area contributed by atoms with Crippen LogP contribution in [0.3, 0.4) is 0 Å². The third kappa shape index (κ3) is 2.40. The van der Waals surface area contributed by atoms with Crippen LogP contribution in [0.1, 0.15) is 6.92 Å². The van der Waals surface area contributed by atoms with Crippen molar-refractivity contribution in [2.45, 2.75) is 6.92 Å². The fraction of sp³-hybridized carbons (Fsp3) is 0.231. The number of rotatable bonds is 4. The van der Waals surface area contributed by atoms with E-state index in [1.54, 1.807) is 25.6 Å². The molecule has 1 aromatic carbocycles. The second-order valence-corrected chi connectivity index (χ2v) is 3.63. The zero-order valence-corrected chi connectivity index (χ0v) is 10.3. The first-order chi connectivity index (χ1) is 8.76. The standard InChI is InChI=1S/C13H14FN3O/c1-3-15-13-12(16-6-7-17-13)10-8-9(14)4-5-11(10)18-2/h4-8H,3H2,1-2H3,(H,15,17). The minimum atomic E-state index is -0.334. The number of hydrogen-bond acceptors (Lipinski definition) is 4. The third-order valence-electron chi connectivity index (χ3n) is 2.46. The molecule has 2 rings (SSSR count). The minimum absolute atomic E-state index is 0.334. The highest BCUT2D eigenvalue weighted by molar-refractivity contribution is 5.76. The van der Waals surface area contributed by atoms with E-state index in [9.17, 15) is 4.39 Å². The van der Waals surface area contributed by atoms with Crippen LogP contribution in [-0.4, -0.2) is 23.6 Å².